The van der Waals surface area contributed by atoms with Crippen molar-refractivity contribution >= 4 is 39.8 Å². The molecule has 6 nitrogen and oxygen atoms in total. The molecule has 2 rings (SSSR count). The van der Waals surface area contributed by atoms with Crippen LogP contribution in [0.25, 0.3) is 0 Å². The molecular weight excluding hydrogens is 486 g/mol. The van der Waals surface area contributed by atoms with Crippen LogP contribution in [0, 0.1) is 5.92 Å². The van der Waals surface area contributed by atoms with E-state index in [2.05, 4.69) is 15.0 Å². The first-order valence-corrected chi connectivity index (χ1v) is 9.54. The number of nitrogens with zero attached hydrogens (tertiary/aromatic N) is 1. The normalized spacial score (nSPS) is 18.0. The highest BCUT2D eigenvalue weighted by molar-refractivity contribution is 14.0. The molecule has 0 aromatic heterocycles. The Morgan fingerprint density at radius 2 is 1.81 bits per heavy atom. The molecule has 3 N–H and O–H groups in total. The van der Waals surface area contributed by atoms with E-state index in [0.29, 0.717) is 24.9 Å². The van der Waals surface area contributed by atoms with Crippen molar-refractivity contribution in [3.63, 3.8) is 0 Å². The summed E-state index contributed by atoms with van der Waals surface area (Å²) in [5, 5.41) is 2.95. The fraction of sp³-hybridized carbons (Fsp3) is 0.533. The first kappa shape index (κ1) is 22.8. The minimum atomic E-state index is -4.72. The van der Waals surface area contributed by atoms with Crippen LogP contribution < -0.4 is 15.8 Å². The van der Waals surface area contributed by atoms with E-state index in [1.807, 2.05) is 0 Å². The molecule has 1 fully saturated rings. The molecule has 26 heavy (non-hydrogen) atoms. The fourth-order valence-electron chi connectivity index (χ4n) is 2.42. The number of aliphatic imine (C=N–C) groups is 1. The number of guanidine groups is 1. The standard InChI is InChI=1S/C15H20F3N3O3S.HI/c16-15(17,18)24-13-3-1-11(2-4-13)9-20-14(19)21-10-12-5-7-25(22,23)8-6-12;/h1-4,12H,5-10H2,(H3,19,20,21);1H. The summed E-state index contributed by atoms with van der Waals surface area (Å²) in [5.41, 5.74) is 6.44. The van der Waals surface area contributed by atoms with Crippen LogP contribution in [-0.2, 0) is 16.4 Å². The van der Waals surface area contributed by atoms with E-state index in [-0.39, 0.29) is 59.7 Å². The zero-order valence-electron chi connectivity index (χ0n) is 13.8. The topological polar surface area (TPSA) is 93.8 Å². The van der Waals surface area contributed by atoms with Crippen LogP contribution in [0.3, 0.4) is 0 Å². The molecule has 1 aromatic rings. The van der Waals surface area contributed by atoms with Crippen molar-refractivity contribution in [1.82, 2.24) is 5.32 Å². The van der Waals surface area contributed by atoms with Gasteiger partial charge in [-0.25, -0.2) is 13.4 Å². The van der Waals surface area contributed by atoms with E-state index in [4.69, 9.17) is 5.73 Å². The third-order valence-electron chi connectivity index (χ3n) is 3.83. The summed E-state index contributed by atoms with van der Waals surface area (Å²) >= 11 is 0. The Balaban J connectivity index is 0.00000338. The maximum Gasteiger partial charge on any atom is 0.573 e. The molecule has 0 amide bonds. The average molecular weight is 507 g/mol. The quantitative estimate of drug-likeness (QED) is 0.363. The van der Waals surface area contributed by atoms with E-state index in [1.54, 1.807) is 0 Å². The van der Waals surface area contributed by atoms with Crippen molar-refractivity contribution in [3.8, 4) is 5.75 Å². The van der Waals surface area contributed by atoms with Crippen LogP contribution in [0.5, 0.6) is 5.75 Å². The zero-order valence-corrected chi connectivity index (χ0v) is 17.0. The van der Waals surface area contributed by atoms with Crippen molar-refractivity contribution < 1.29 is 26.3 Å². The number of alkyl halides is 3. The summed E-state index contributed by atoms with van der Waals surface area (Å²) < 4.78 is 62.7. The number of nitrogens with one attached hydrogen (secondary N) is 1. The molecular formula is C15H21F3IN3O3S. The highest BCUT2D eigenvalue weighted by atomic mass is 127. The molecule has 0 unspecified atom stereocenters. The van der Waals surface area contributed by atoms with Gasteiger partial charge < -0.3 is 15.8 Å². The Kier molecular flexibility index (Phi) is 8.44. The van der Waals surface area contributed by atoms with Gasteiger partial charge in [-0.05, 0) is 36.5 Å². The van der Waals surface area contributed by atoms with Gasteiger partial charge in [0, 0.05) is 6.54 Å². The van der Waals surface area contributed by atoms with Gasteiger partial charge in [0.1, 0.15) is 15.6 Å². The first-order valence-electron chi connectivity index (χ1n) is 7.72. The zero-order chi connectivity index (χ0) is 18.5. The molecule has 1 aliphatic rings. The lowest BCUT2D eigenvalue weighted by Gasteiger charge is -2.22. The van der Waals surface area contributed by atoms with Crippen molar-refractivity contribution in [1.29, 1.82) is 0 Å². The average Bonchev–Trinajstić information content (AvgIpc) is 2.52. The maximum atomic E-state index is 12.1. The van der Waals surface area contributed by atoms with E-state index in [1.165, 1.54) is 24.3 Å². The molecule has 0 spiro atoms. The minimum absolute atomic E-state index is 0. The van der Waals surface area contributed by atoms with Crippen LogP contribution >= 0.6 is 24.0 Å². The molecule has 148 valence electrons. The largest absolute Gasteiger partial charge is 0.573 e. The molecule has 11 heteroatoms. The van der Waals surface area contributed by atoms with Crippen molar-refractivity contribution in [2.75, 3.05) is 18.1 Å². The molecule has 0 radical (unpaired) electrons. The Morgan fingerprint density at radius 3 is 2.35 bits per heavy atom. The highest BCUT2D eigenvalue weighted by Gasteiger charge is 2.30. The van der Waals surface area contributed by atoms with Crippen LogP contribution in [0.15, 0.2) is 29.3 Å². The van der Waals surface area contributed by atoms with Gasteiger partial charge in [0.15, 0.2) is 5.96 Å². The van der Waals surface area contributed by atoms with Gasteiger partial charge in [-0.15, -0.1) is 37.1 Å². The summed E-state index contributed by atoms with van der Waals surface area (Å²) in [6.07, 6.45) is -3.51. The van der Waals surface area contributed by atoms with Gasteiger partial charge >= 0.3 is 6.36 Å². The van der Waals surface area contributed by atoms with Crippen LogP contribution in [0.2, 0.25) is 0 Å². The predicted octanol–water partition coefficient (Wildman–Crippen LogP) is 2.43. The Bertz CT molecular complexity index is 695. The van der Waals surface area contributed by atoms with Gasteiger partial charge in [-0.1, -0.05) is 12.1 Å². The third kappa shape index (κ3) is 8.43. The number of hydrogen-bond acceptors (Lipinski definition) is 4. The van der Waals surface area contributed by atoms with E-state index < -0.39 is 16.2 Å². The van der Waals surface area contributed by atoms with Gasteiger partial charge in [-0.2, -0.15) is 0 Å². The number of hydrogen-bond donors (Lipinski definition) is 2. The maximum absolute atomic E-state index is 12.1. The molecule has 0 saturated carbocycles. The summed E-state index contributed by atoms with van der Waals surface area (Å²) in [5.74, 6) is 0.546. The Labute approximate surface area is 167 Å². The number of nitrogens with two attached hydrogens (primary N) is 1. The first-order chi connectivity index (χ1) is 11.6. The molecule has 0 atom stereocenters. The SMILES string of the molecule is I.NC(=NCc1ccc(OC(F)(F)F)cc1)NCC1CCS(=O)(=O)CC1. The van der Waals surface area contributed by atoms with Gasteiger partial charge in [0.2, 0.25) is 0 Å². The fourth-order valence-corrected chi connectivity index (χ4v) is 4.01. The van der Waals surface area contributed by atoms with Crippen LogP contribution in [0.1, 0.15) is 18.4 Å². The number of benzene rings is 1. The minimum Gasteiger partial charge on any atom is -0.406 e. The van der Waals surface area contributed by atoms with E-state index >= 15 is 0 Å². The molecule has 1 aromatic carbocycles. The molecule has 1 aliphatic heterocycles. The van der Waals surface area contributed by atoms with Crippen molar-refractivity contribution in [3.05, 3.63) is 29.8 Å². The number of ether oxygens (including phenoxy) is 1. The highest BCUT2D eigenvalue weighted by Crippen LogP contribution is 2.23. The van der Waals surface area contributed by atoms with Gasteiger partial charge in [-0.3, -0.25) is 0 Å². The van der Waals surface area contributed by atoms with Gasteiger partial charge in [0.25, 0.3) is 0 Å². The summed E-state index contributed by atoms with van der Waals surface area (Å²) in [6.45, 7) is 0.757. The third-order valence-corrected chi connectivity index (χ3v) is 5.55. The van der Waals surface area contributed by atoms with E-state index in [9.17, 15) is 21.6 Å². The summed E-state index contributed by atoms with van der Waals surface area (Å²) in [6, 6.07) is 5.38. The number of halogens is 4. The number of rotatable bonds is 5. The molecule has 1 heterocycles. The van der Waals surface area contributed by atoms with Crippen LogP contribution in [-0.4, -0.2) is 38.8 Å². The second-order valence-corrected chi connectivity index (χ2v) is 8.17. The second kappa shape index (κ2) is 9.62. The lowest BCUT2D eigenvalue weighted by atomic mass is 10.0. The lowest BCUT2D eigenvalue weighted by Crippen LogP contribution is -2.38. The van der Waals surface area contributed by atoms with Crippen molar-refractivity contribution in [2.45, 2.75) is 25.7 Å². The monoisotopic (exact) mass is 507 g/mol. The van der Waals surface area contributed by atoms with E-state index in [0.717, 1.165) is 0 Å². The summed E-state index contributed by atoms with van der Waals surface area (Å²) in [4.78, 5) is 4.11. The molecule has 1 saturated heterocycles. The smallest absolute Gasteiger partial charge is 0.406 e. The Hall–Kier alpha value is -1.24. The van der Waals surface area contributed by atoms with Gasteiger partial charge in [0.05, 0.1) is 18.1 Å². The van der Waals surface area contributed by atoms with Crippen molar-refractivity contribution in [2.24, 2.45) is 16.6 Å². The molecule has 0 aliphatic carbocycles. The van der Waals surface area contributed by atoms with Crippen LogP contribution in [0.4, 0.5) is 13.2 Å². The Morgan fingerprint density at radius 1 is 1.23 bits per heavy atom. The number of sulfone groups is 1. The predicted molar refractivity (Wildman–Crippen MR) is 103 cm³/mol. The lowest BCUT2D eigenvalue weighted by molar-refractivity contribution is -0.274. The second-order valence-electron chi connectivity index (χ2n) is 5.87. The molecule has 0 bridgehead atoms. The summed E-state index contributed by atoms with van der Waals surface area (Å²) in [7, 11) is -2.89.